The summed E-state index contributed by atoms with van der Waals surface area (Å²) in [6.07, 6.45) is 1.42. The summed E-state index contributed by atoms with van der Waals surface area (Å²) in [7, 11) is 0. The van der Waals surface area contributed by atoms with Crippen molar-refractivity contribution in [2.75, 3.05) is 0 Å². The minimum atomic E-state index is -1.24. The number of rotatable bonds is 4. The predicted octanol–water partition coefficient (Wildman–Crippen LogP) is 4.84. The standard InChI is InChI=1S/C24H29NO4/c1-23(2,3)17-12-15(13-18(20(17)26)24(4,5)6)14-19(22(28)29)25-21(27)16-10-8-7-9-11-16/h7-14,26H,1-6H3,(H,25,27)(H,28,29)/b19-14-. The molecule has 0 saturated carbocycles. The molecule has 0 saturated heterocycles. The predicted molar refractivity (Wildman–Crippen MR) is 115 cm³/mol. The molecule has 2 aromatic carbocycles. The van der Waals surface area contributed by atoms with Crippen LogP contribution in [0.3, 0.4) is 0 Å². The maximum Gasteiger partial charge on any atom is 0.352 e. The molecular weight excluding hydrogens is 366 g/mol. The molecule has 0 fully saturated rings. The average Bonchev–Trinajstić information content (AvgIpc) is 2.61. The lowest BCUT2D eigenvalue weighted by atomic mass is 9.78. The van der Waals surface area contributed by atoms with Crippen molar-refractivity contribution in [3.05, 3.63) is 70.4 Å². The second-order valence-electron chi connectivity index (χ2n) is 9.15. The third-order valence-electron chi connectivity index (χ3n) is 4.57. The Kier molecular flexibility index (Phi) is 6.21. The van der Waals surface area contributed by atoms with Crippen LogP contribution in [-0.2, 0) is 15.6 Å². The molecule has 0 heterocycles. The number of benzene rings is 2. The Morgan fingerprint density at radius 1 is 0.897 bits per heavy atom. The van der Waals surface area contributed by atoms with Crippen molar-refractivity contribution < 1.29 is 19.8 Å². The van der Waals surface area contributed by atoms with Crippen molar-refractivity contribution in [2.24, 2.45) is 0 Å². The van der Waals surface area contributed by atoms with Crippen LogP contribution in [0.2, 0.25) is 0 Å². The zero-order valence-electron chi connectivity index (χ0n) is 17.8. The zero-order chi connectivity index (χ0) is 22.0. The van der Waals surface area contributed by atoms with Gasteiger partial charge in [0, 0.05) is 16.7 Å². The smallest absolute Gasteiger partial charge is 0.352 e. The highest BCUT2D eigenvalue weighted by Crippen LogP contribution is 2.40. The van der Waals surface area contributed by atoms with E-state index in [4.69, 9.17) is 0 Å². The van der Waals surface area contributed by atoms with Gasteiger partial charge in [0.2, 0.25) is 0 Å². The largest absolute Gasteiger partial charge is 0.507 e. The quantitative estimate of drug-likeness (QED) is 0.646. The second-order valence-corrected chi connectivity index (χ2v) is 9.15. The molecule has 0 aliphatic heterocycles. The van der Waals surface area contributed by atoms with Gasteiger partial charge in [-0.3, -0.25) is 4.79 Å². The van der Waals surface area contributed by atoms with Crippen LogP contribution in [0.15, 0.2) is 48.2 Å². The number of nitrogens with one attached hydrogen (secondary N) is 1. The Balaban J connectivity index is 2.56. The molecule has 154 valence electrons. The van der Waals surface area contributed by atoms with E-state index in [2.05, 4.69) is 5.32 Å². The highest BCUT2D eigenvalue weighted by Gasteiger charge is 2.26. The lowest BCUT2D eigenvalue weighted by molar-refractivity contribution is -0.132. The number of carbonyl (C=O) groups excluding carboxylic acids is 1. The molecule has 0 aliphatic rings. The van der Waals surface area contributed by atoms with E-state index in [0.717, 1.165) is 11.1 Å². The van der Waals surface area contributed by atoms with Crippen LogP contribution < -0.4 is 5.32 Å². The minimum Gasteiger partial charge on any atom is -0.507 e. The lowest BCUT2D eigenvalue weighted by Gasteiger charge is -2.28. The highest BCUT2D eigenvalue weighted by atomic mass is 16.4. The van der Waals surface area contributed by atoms with Crippen molar-refractivity contribution in [1.29, 1.82) is 0 Å². The molecule has 29 heavy (non-hydrogen) atoms. The third-order valence-corrected chi connectivity index (χ3v) is 4.57. The van der Waals surface area contributed by atoms with Crippen molar-refractivity contribution >= 4 is 18.0 Å². The number of carbonyl (C=O) groups is 2. The molecule has 0 radical (unpaired) electrons. The number of phenolic OH excluding ortho intramolecular Hbond substituents is 1. The van der Waals surface area contributed by atoms with Gasteiger partial charge in [-0.2, -0.15) is 0 Å². The monoisotopic (exact) mass is 395 g/mol. The van der Waals surface area contributed by atoms with Crippen molar-refractivity contribution in [1.82, 2.24) is 5.32 Å². The van der Waals surface area contributed by atoms with E-state index >= 15 is 0 Å². The molecular formula is C24H29NO4. The molecule has 5 heteroatoms. The molecule has 2 aromatic rings. The van der Waals surface area contributed by atoms with Crippen LogP contribution >= 0.6 is 0 Å². The summed E-state index contributed by atoms with van der Waals surface area (Å²) in [4.78, 5) is 24.2. The van der Waals surface area contributed by atoms with E-state index in [-0.39, 0.29) is 22.3 Å². The first-order valence-electron chi connectivity index (χ1n) is 9.50. The summed E-state index contributed by atoms with van der Waals surface area (Å²) in [6.45, 7) is 11.9. The van der Waals surface area contributed by atoms with Gasteiger partial charge in [-0.1, -0.05) is 59.7 Å². The summed E-state index contributed by atoms with van der Waals surface area (Å²) in [5, 5.41) is 22.9. The molecule has 5 nitrogen and oxygen atoms in total. The fourth-order valence-electron chi connectivity index (χ4n) is 2.99. The Morgan fingerprint density at radius 3 is 1.79 bits per heavy atom. The van der Waals surface area contributed by atoms with Crippen LogP contribution in [0.1, 0.15) is 68.6 Å². The molecule has 1 amide bonds. The molecule has 0 atom stereocenters. The molecule has 0 bridgehead atoms. The van der Waals surface area contributed by atoms with Gasteiger partial charge in [-0.05, 0) is 46.7 Å². The maximum absolute atomic E-state index is 12.4. The summed E-state index contributed by atoms with van der Waals surface area (Å²) >= 11 is 0. The SMILES string of the molecule is CC(C)(C)c1cc(/C=C(\NC(=O)c2ccccc2)C(=O)O)cc(C(C)(C)C)c1O. The number of amides is 1. The van der Waals surface area contributed by atoms with Crippen LogP contribution in [0.25, 0.3) is 6.08 Å². The lowest BCUT2D eigenvalue weighted by Crippen LogP contribution is -2.27. The Hall–Kier alpha value is -3.08. The van der Waals surface area contributed by atoms with Crippen LogP contribution in [0, 0.1) is 0 Å². The normalized spacial score (nSPS) is 12.6. The molecule has 0 aliphatic carbocycles. The van der Waals surface area contributed by atoms with Crippen LogP contribution in [-0.4, -0.2) is 22.1 Å². The summed E-state index contributed by atoms with van der Waals surface area (Å²) in [6, 6.07) is 12.0. The molecule has 3 N–H and O–H groups in total. The first-order chi connectivity index (χ1) is 13.3. The van der Waals surface area contributed by atoms with E-state index in [9.17, 15) is 19.8 Å². The van der Waals surface area contributed by atoms with E-state index in [1.165, 1.54) is 6.08 Å². The third kappa shape index (κ3) is 5.47. The van der Waals surface area contributed by atoms with Crippen LogP contribution in [0.4, 0.5) is 0 Å². The van der Waals surface area contributed by atoms with Crippen molar-refractivity contribution in [3.8, 4) is 5.75 Å². The number of aromatic hydroxyl groups is 1. The molecule has 0 aromatic heterocycles. The fourth-order valence-corrected chi connectivity index (χ4v) is 2.99. The Bertz CT molecular complexity index is 910. The zero-order valence-corrected chi connectivity index (χ0v) is 17.8. The molecule has 0 unspecified atom stereocenters. The van der Waals surface area contributed by atoms with Gasteiger partial charge in [0.1, 0.15) is 11.4 Å². The number of carboxylic acid groups (broad SMARTS) is 1. The number of hydrogen-bond acceptors (Lipinski definition) is 3. The number of hydrogen-bond donors (Lipinski definition) is 3. The first-order valence-corrected chi connectivity index (χ1v) is 9.50. The molecule has 0 spiro atoms. The molecule has 2 rings (SSSR count). The van der Waals surface area contributed by atoms with Gasteiger partial charge in [0.25, 0.3) is 5.91 Å². The summed E-state index contributed by atoms with van der Waals surface area (Å²) < 4.78 is 0. The van der Waals surface area contributed by atoms with E-state index in [0.29, 0.717) is 11.1 Å². The summed E-state index contributed by atoms with van der Waals surface area (Å²) in [5.74, 6) is -1.52. The van der Waals surface area contributed by atoms with E-state index in [1.807, 2.05) is 41.5 Å². The van der Waals surface area contributed by atoms with E-state index in [1.54, 1.807) is 42.5 Å². The minimum absolute atomic E-state index is 0.215. The second kappa shape index (κ2) is 8.11. The van der Waals surface area contributed by atoms with Gasteiger partial charge in [-0.25, -0.2) is 4.79 Å². The van der Waals surface area contributed by atoms with Gasteiger partial charge in [0.05, 0.1) is 0 Å². The van der Waals surface area contributed by atoms with Crippen molar-refractivity contribution in [3.63, 3.8) is 0 Å². The summed E-state index contributed by atoms with van der Waals surface area (Å²) in [5.41, 5.74) is 1.49. The fraction of sp³-hybridized carbons (Fsp3) is 0.333. The van der Waals surface area contributed by atoms with Gasteiger partial charge < -0.3 is 15.5 Å². The number of carboxylic acids is 1. The van der Waals surface area contributed by atoms with E-state index < -0.39 is 11.9 Å². The van der Waals surface area contributed by atoms with Gasteiger partial charge in [0.15, 0.2) is 0 Å². The first kappa shape index (κ1) is 22.2. The van der Waals surface area contributed by atoms with Gasteiger partial charge >= 0.3 is 5.97 Å². The Morgan fingerprint density at radius 2 is 1.38 bits per heavy atom. The Labute approximate surface area is 172 Å². The number of aliphatic carboxylic acids is 1. The average molecular weight is 395 g/mol. The van der Waals surface area contributed by atoms with Crippen molar-refractivity contribution in [2.45, 2.75) is 52.4 Å². The van der Waals surface area contributed by atoms with Gasteiger partial charge in [-0.15, -0.1) is 0 Å². The topological polar surface area (TPSA) is 86.6 Å². The number of phenols is 1. The van der Waals surface area contributed by atoms with Crippen LogP contribution in [0.5, 0.6) is 5.75 Å². The maximum atomic E-state index is 12.4. The highest BCUT2D eigenvalue weighted by molar-refractivity contribution is 6.02.